The largest absolute Gasteiger partial charge is 0.481 e. The Morgan fingerprint density at radius 2 is 2.40 bits per heavy atom. The molecule has 0 aromatic carbocycles. The molecule has 1 saturated heterocycles. The van der Waals surface area contributed by atoms with Crippen molar-refractivity contribution in [2.24, 2.45) is 5.92 Å². The van der Waals surface area contributed by atoms with Crippen molar-refractivity contribution in [3.05, 3.63) is 22.2 Å². The van der Waals surface area contributed by atoms with E-state index in [1.165, 1.54) is 6.07 Å². The summed E-state index contributed by atoms with van der Waals surface area (Å²) in [6, 6.07) is 1.53. The van der Waals surface area contributed by atoms with Crippen LogP contribution in [0.2, 0.25) is 0 Å². The lowest BCUT2D eigenvalue weighted by Gasteiger charge is -2.33. The molecule has 1 unspecified atom stereocenters. The van der Waals surface area contributed by atoms with Gasteiger partial charge in [0.1, 0.15) is 11.6 Å². The molecule has 2 N–H and O–H groups in total. The second-order valence-corrected chi connectivity index (χ2v) is 5.29. The maximum Gasteiger partial charge on any atom is 0.303 e. The predicted molar refractivity (Wildman–Crippen MR) is 76.0 cm³/mol. The molecule has 110 valence electrons. The van der Waals surface area contributed by atoms with Gasteiger partial charge in [-0.3, -0.25) is 9.59 Å². The third-order valence-corrected chi connectivity index (χ3v) is 3.72. The SMILES string of the molecule is CCc1nc(N2CCCC(CCC(=O)O)C2)cc(=O)[nH]1. The molecule has 0 amide bonds. The van der Waals surface area contributed by atoms with Gasteiger partial charge in [0.05, 0.1) is 0 Å². The fraction of sp³-hybridized carbons (Fsp3) is 0.643. The Labute approximate surface area is 117 Å². The van der Waals surface area contributed by atoms with Crippen molar-refractivity contribution in [1.82, 2.24) is 9.97 Å². The number of aryl methyl sites for hydroxylation is 1. The summed E-state index contributed by atoms with van der Waals surface area (Å²) in [4.78, 5) is 31.5. The number of piperidine rings is 1. The quantitative estimate of drug-likeness (QED) is 0.851. The highest BCUT2D eigenvalue weighted by molar-refractivity contribution is 5.66. The van der Waals surface area contributed by atoms with Crippen LogP contribution in [0.1, 0.15) is 38.4 Å². The highest BCUT2D eigenvalue weighted by Crippen LogP contribution is 2.24. The van der Waals surface area contributed by atoms with E-state index in [0.717, 1.165) is 25.9 Å². The molecule has 1 atom stereocenters. The maximum absolute atomic E-state index is 11.6. The Balaban J connectivity index is 2.06. The molecule has 6 nitrogen and oxygen atoms in total. The Hall–Kier alpha value is -1.85. The Kier molecular flexibility index (Phi) is 4.76. The zero-order valence-electron chi connectivity index (χ0n) is 11.8. The van der Waals surface area contributed by atoms with Gasteiger partial charge in [-0.15, -0.1) is 0 Å². The number of nitrogens with one attached hydrogen (secondary N) is 1. The van der Waals surface area contributed by atoms with E-state index in [-0.39, 0.29) is 12.0 Å². The number of aromatic nitrogens is 2. The van der Waals surface area contributed by atoms with Gasteiger partial charge in [-0.25, -0.2) is 4.98 Å². The fourth-order valence-electron chi connectivity index (χ4n) is 2.66. The number of aromatic amines is 1. The van der Waals surface area contributed by atoms with Crippen molar-refractivity contribution in [3.63, 3.8) is 0 Å². The van der Waals surface area contributed by atoms with E-state index in [1.807, 2.05) is 6.92 Å². The highest BCUT2D eigenvalue weighted by Gasteiger charge is 2.22. The molecule has 1 aromatic heterocycles. The Morgan fingerprint density at radius 3 is 3.10 bits per heavy atom. The van der Waals surface area contributed by atoms with Crippen molar-refractivity contribution >= 4 is 11.8 Å². The first kappa shape index (κ1) is 14.6. The first-order valence-electron chi connectivity index (χ1n) is 7.15. The van der Waals surface area contributed by atoms with Crippen molar-refractivity contribution < 1.29 is 9.90 Å². The average molecular weight is 279 g/mol. The van der Waals surface area contributed by atoms with E-state index in [0.29, 0.717) is 30.4 Å². The number of nitrogens with zero attached hydrogens (tertiary/aromatic N) is 2. The van der Waals surface area contributed by atoms with Crippen LogP contribution in [0.25, 0.3) is 0 Å². The number of carboxylic acids is 1. The van der Waals surface area contributed by atoms with E-state index in [9.17, 15) is 9.59 Å². The van der Waals surface area contributed by atoms with E-state index in [1.54, 1.807) is 0 Å². The Morgan fingerprint density at radius 1 is 1.60 bits per heavy atom. The number of aliphatic carboxylic acids is 1. The second-order valence-electron chi connectivity index (χ2n) is 5.29. The molecular weight excluding hydrogens is 258 g/mol. The van der Waals surface area contributed by atoms with E-state index in [2.05, 4.69) is 14.9 Å². The fourth-order valence-corrected chi connectivity index (χ4v) is 2.66. The summed E-state index contributed by atoms with van der Waals surface area (Å²) in [7, 11) is 0. The van der Waals surface area contributed by atoms with Gasteiger partial charge in [0.2, 0.25) is 0 Å². The normalized spacial score (nSPS) is 19.1. The molecule has 2 heterocycles. The van der Waals surface area contributed by atoms with Crippen LogP contribution < -0.4 is 10.5 Å². The molecule has 0 saturated carbocycles. The standard InChI is InChI=1S/C14H21N3O3/c1-2-11-15-12(8-13(18)16-11)17-7-3-4-10(9-17)5-6-14(19)20/h8,10H,2-7,9H2,1H3,(H,19,20)(H,15,16,18). The molecule has 1 aliphatic heterocycles. The monoisotopic (exact) mass is 279 g/mol. The van der Waals surface area contributed by atoms with Crippen LogP contribution in [-0.4, -0.2) is 34.1 Å². The summed E-state index contributed by atoms with van der Waals surface area (Å²) < 4.78 is 0. The smallest absolute Gasteiger partial charge is 0.303 e. The van der Waals surface area contributed by atoms with Crippen LogP contribution in [-0.2, 0) is 11.2 Å². The number of carboxylic acid groups (broad SMARTS) is 1. The third kappa shape index (κ3) is 3.82. The first-order chi connectivity index (χ1) is 9.58. The van der Waals surface area contributed by atoms with Gasteiger partial charge in [-0.2, -0.15) is 0 Å². The number of hydrogen-bond donors (Lipinski definition) is 2. The summed E-state index contributed by atoms with van der Waals surface area (Å²) in [6.07, 6.45) is 3.66. The summed E-state index contributed by atoms with van der Waals surface area (Å²) in [5.41, 5.74) is -0.125. The molecular formula is C14H21N3O3. The van der Waals surface area contributed by atoms with Crippen molar-refractivity contribution in [2.45, 2.75) is 39.0 Å². The molecule has 2 rings (SSSR count). The molecule has 0 radical (unpaired) electrons. The zero-order chi connectivity index (χ0) is 14.5. The minimum absolute atomic E-state index is 0.125. The highest BCUT2D eigenvalue weighted by atomic mass is 16.4. The van der Waals surface area contributed by atoms with Crippen LogP contribution in [0.5, 0.6) is 0 Å². The first-order valence-corrected chi connectivity index (χ1v) is 7.15. The van der Waals surface area contributed by atoms with Gasteiger partial charge in [-0.1, -0.05) is 6.92 Å². The molecule has 0 bridgehead atoms. The van der Waals surface area contributed by atoms with Crippen LogP contribution in [0.15, 0.2) is 10.9 Å². The number of carbonyl (C=O) groups is 1. The van der Waals surface area contributed by atoms with Crippen molar-refractivity contribution in [1.29, 1.82) is 0 Å². The van der Waals surface area contributed by atoms with E-state index in [4.69, 9.17) is 5.11 Å². The van der Waals surface area contributed by atoms with Gasteiger partial charge >= 0.3 is 5.97 Å². The molecule has 1 aliphatic rings. The van der Waals surface area contributed by atoms with E-state index < -0.39 is 5.97 Å². The molecule has 1 fully saturated rings. The summed E-state index contributed by atoms with van der Waals surface area (Å²) in [5, 5.41) is 8.76. The second kappa shape index (κ2) is 6.54. The minimum Gasteiger partial charge on any atom is -0.481 e. The van der Waals surface area contributed by atoms with E-state index >= 15 is 0 Å². The van der Waals surface area contributed by atoms with Gasteiger partial charge < -0.3 is 15.0 Å². The third-order valence-electron chi connectivity index (χ3n) is 3.72. The lowest BCUT2D eigenvalue weighted by atomic mass is 9.93. The Bertz CT molecular complexity index is 527. The van der Waals surface area contributed by atoms with Crippen LogP contribution in [0.4, 0.5) is 5.82 Å². The van der Waals surface area contributed by atoms with Crippen LogP contribution in [0.3, 0.4) is 0 Å². The number of anilines is 1. The molecule has 1 aromatic rings. The van der Waals surface area contributed by atoms with Gasteiger partial charge in [-0.05, 0) is 25.2 Å². The maximum atomic E-state index is 11.6. The van der Waals surface area contributed by atoms with Gasteiger partial charge in [0, 0.05) is 32.0 Å². The topological polar surface area (TPSA) is 86.3 Å². The van der Waals surface area contributed by atoms with Gasteiger partial charge in [0.25, 0.3) is 5.56 Å². The number of H-pyrrole nitrogens is 1. The molecule has 0 spiro atoms. The van der Waals surface area contributed by atoms with Crippen LogP contribution >= 0.6 is 0 Å². The number of hydrogen-bond acceptors (Lipinski definition) is 4. The van der Waals surface area contributed by atoms with Gasteiger partial charge in [0.15, 0.2) is 0 Å². The average Bonchev–Trinajstić information content (AvgIpc) is 2.44. The van der Waals surface area contributed by atoms with Crippen molar-refractivity contribution in [3.8, 4) is 0 Å². The number of rotatable bonds is 5. The molecule has 20 heavy (non-hydrogen) atoms. The molecule has 0 aliphatic carbocycles. The predicted octanol–water partition coefficient (Wildman–Crippen LogP) is 1.41. The van der Waals surface area contributed by atoms with Crippen molar-refractivity contribution in [2.75, 3.05) is 18.0 Å². The summed E-state index contributed by atoms with van der Waals surface area (Å²) >= 11 is 0. The zero-order valence-corrected chi connectivity index (χ0v) is 11.8. The summed E-state index contributed by atoms with van der Waals surface area (Å²) in [6.45, 7) is 3.62. The minimum atomic E-state index is -0.746. The lowest BCUT2D eigenvalue weighted by Crippen LogP contribution is -2.37. The van der Waals surface area contributed by atoms with Crippen LogP contribution in [0, 0.1) is 5.92 Å². The summed E-state index contributed by atoms with van der Waals surface area (Å²) in [5.74, 6) is 1.03. The molecule has 6 heteroatoms. The lowest BCUT2D eigenvalue weighted by molar-refractivity contribution is -0.137.